The van der Waals surface area contributed by atoms with Crippen LogP contribution < -0.4 is 20.5 Å². The van der Waals surface area contributed by atoms with Crippen LogP contribution in [0.15, 0.2) is 12.1 Å². The molecule has 0 spiro atoms. The number of nitrogens with two attached hydrogens (primary N) is 1. The molecule has 0 aliphatic carbocycles. The standard InChI is InChI=1S/C13H16ClN3O4/c1-20-11-5-8(10(6-15)17-2-3-18)4-9(14)13(11)21-7-12(16)19/h4-5,10,17-18H,2-3,7H2,1H3,(H2,16,19). The maximum absolute atomic E-state index is 10.8. The third-order valence-corrected chi connectivity index (χ3v) is 2.81. The Bertz CT molecular complexity index is 545. The maximum Gasteiger partial charge on any atom is 0.255 e. The first-order valence-electron chi connectivity index (χ1n) is 6.05. The van der Waals surface area contributed by atoms with Crippen LogP contribution in [0.4, 0.5) is 0 Å². The lowest BCUT2D eigenvalue weighted by Gasteiger charge is -2.16. The molecule has 4 N–H and O–H groups in total. The van der Waals surface area contributed by atoms with E-state index in [2.05, 4.69) is 11.4 Å². The molecule has 0 fully saturated rings. The molecule has 0 aromatic heterocycles. The highest BCUT2D eigenvalue weighted by atomic mass is 35.5. The van der Waals surface area contributed by atoms with Crippen LogP contribution in [0.25, 0.3) is 0 Å². The third kappa shape index (κ3) is 4.79. The summed E-state index contributed by atoms with van der Waals surface area (Å²) in [5.74, 6) is -0.179. The van der Waals surface area contributed by atoms with Crippen LogP contribution in [0, 0.1) is 11.3 Å². The van der Waals surface area contributed by atoms with Gasteiger partial charge in [-0.1, -0.05) is 11.6 Å². The van der Waals surface area contributed by atoms with Crippen molar-refractivity contribution in [2.24, 2.45) is 5.73 Å². The zero-order valence-corrected chi connectivity index (χ0v) is 12.2. The van der Waals surface area contributed by atoms with E-state index in [1.807, 2.05) is 0 Å². The summed E-state index contributed by atoms with van der Waals surface area (Å²) in [4.78, 5) is 10.8. The molecule has 1 aromatic rings. The number of hydrogen-bond acceptors (Lipinski definition) is 6. The van der Waals surface area contributed by atoms with Crippen LogP contribution in [0.5, 0.6) is 11.5 Å². The van der Waals surface area contributed by atoms with Crippen LogP contribution in [0.3, 0.4) is 0 Å². The van der Waals surface area contributed by atoms with Gasteiger partial charge in [-0.25, -0.2) is 0 Å². The van der Waals surface area contributed by atoms with Crippen molar-refractivity contribution in [1.29, 1.82) is 5.26 Å². The van der Waals surface area contributed by atoms with E-state index in [0.717, 1.165) is 0 Å². The number of nitrogens with zero attached hydrogens (tertiary/aromatic N) is 1. The van der Waals surface area contributed by atoms with Crippen molar-refractivity contribution in [1.82, 2.24) is 5.32 Å². The van der Waals surface area contributed by atoms with Crippen LogP contribution in [0.2, 0.25) is 5.02 Å². The van der Waals surface area contributed by atoms with Crippen molar-refractivity contribution in [3.63, 3.8) is 0 Å². The number of carbonyl (C=O) groups excluding carboxylic acids is 1. The van der Waals surface area contributed by atoms with Gasteiger partial charge in [0.25, 0.3) is 5.91 Å². The summed E-state index contributed by atoms with van der Waals surface area (Å²) in [6.45, 7) is -0.166. The number of aliphatic hydroxyl groups excluding tert-OH is 1. The maximum atomic E-state index is 10.8. The minimum atomic E-state index is -0.659. The summed E-state index contributed by atoms with van der Waals surface area (Å²) in [5, 5.41) is 21.0. The monoisotopic (exact) mass is 313 g/mol. The Kier molecular flexibility index (Phi) is 6.75. The molecule has 1 unspecified atom stereocenters. The smallest absolute Gasteiger partial charge is 0.255 e. The molecule has 0 heterocycles. The number of rotatable bonds is 8. The third-order valence-electron chi connectivity index (χ3n) is 2.53. The summed E-state index contributed by atoms with van der Waals surface area (Å²) in [6.07, 6.45) is 0. The quantitative estimate of drug-likeness (QED) is 0.638. The molecule has 8 heteroatoms. The van der Waals surface area contributed by atoms with E-state index in [1.165, 1.54) is 13.2 Å². The van der Waals surface area contributed by atoms with Gasteiger partial charge in [0.05, 0.1) is 24.8 Å². The normalized spacial score (nSPS) is 11.5. The number of amides is 1. The molecule has 1 rings (SSSR count). The number of ether oxygens (including phenoxy) is 2. The number of carbonyl (C=O) groups is 1. The topological polar surface area (TPSA) is 118 Å². The van der Waals surface area contributed by atoms with E-state index >= 15 is 0 Å². The van der Waals surface area contributed by atoms with E-state index < -0.39 is 11.9 Å². The van der Waals surface area contributed by atoms with Gasteiger partial charge in [0.15, 0.2) is 18.1 Å². The second-order valence-corrected chi connectivity index (χ2v) is 4.44. The summed E-state index contributed by atoms with van der Waals surface area (Å²) >= 11 is 6.09. The minimum absolute atomic E-state index is 0.0944. The van der Waals surface area contributed by atoms with Gasteiger partial charge in [0.1, 0.15) is 6.04 Å². The van der Waals surface area contributed by atoms with E-state index in [0.29, 0.717) is 5.56 Å². The molecule has 1 atom stereocenters. The number of benzene rings is 1. The average Bonchev–Trinajstić information content (AvgIpc) is 2.46. The summed E-state index contributed by atoms with van der Waals surface area (Å²) in [7, 11) is 1.41. The number of methoxy groups -OCH3 is 1. The van der Waals surface area contributed by atoms with E-state index in [1.54, 1.807) is 6.07 Å². The summed E-state index contributed by atoms with van der Waals surface area (Å²) in [5.41, 5.74) is 5.57. The molecular formula is C13H16ClN3O4. The number of hydrogen-bond donors (Lipinski definition) is 3. The molecule has 1 aromatic carbocycles. The lowest BCUT2D eigenvalue weighted by Crippen LogP contribution is -2.23. The second kappa shape index (κ2) is 8.32. The van der Waals surface area contributed by atoms with Gasteiger partial charge in [-0.05, 0) is 17.7 Å². The number of nitriles is 1. The molecule has 1 amide bonds. The van der Waals surface area contributed by atoms with Crippen LogP contribution in [-0.2, 0) is 4.79 Å². The SMILES string of the molecule is COc1cc(C(C#N)NCCO)cc(Cl)c1OCC(N)=O. The Hall–Kier alpha value is -2.01. The van der Waals surface area contributed by atoms with Gasteiger partial charge < -0.3 is 20.3 Å². The highest BCUT2D eigenvalue weighted by Gasteiger charge is 2.17. The molecule has 114 valence electrons. The predicted octanol–water partition coefficient (Wildman–Crippen LogP) is 0.359. The van der Waals surface area contributed by atoms with Crippen molar-refractivity contribution in [2.75, 3.05) is 26.9 Å². The van der Waals surface area contributed by atoms with E-state index in [4.69, 9.17) is 37.2 Å². The van der Waals surface area contributed by atoms with Gasteiger partial charge in [-0.15, -0.1) is 0 Å². The first-order chi connectivity index (χ1) is 10.0. The van der Waals surface area contributed by atoms with Gasteiger partial charge >= 0.3 is 0 Å². The fraction of sp³-hybridized carbons (Fsp3) is 0.385. The molecule has 0 saturated heterocycles. The van der Waals surface area contributed by atoms with Crippen molar-refractivity contribution in [2.45, 2.75) is 6.04 Å². The fourth-order valence-corrected chi connectivity index (χ4v) is 1.91. The fourth-order valence-electron chi connectivity index (χ4n) is 1.64. The first kappa shape index (κ1) is 17.0. The zero-order valence-electron chi connectivity index (χ0n) is 11.4. The molecule has 0 bridgehead atoms. The Morgan fingerprint density at radius 1 is 1.62 bits per heavy atom. The molecular weight excluding hydrogens is 298 g/mol. The van der Waals surface area contributed by atoms with Crippen molar-refractivity contribution < 1.29 is 19.4 Å². The molecule has 21 heavy (non-hydrogen) atoms. The molecule has 0 radical (unpaired) electrons. The van der Waals surface area contributed by atoms with Gasteiger partial charge in [0, 0.05) is 6.54 Å². The van der Waals surface area contributed by atoms with E-state index in [9.17, 15) is 4.79 Å². The lowest BCUT2D eigenvalue weighted by atomic mass is 10.1. The Morgan fingerprint density at radius 3 is 2.86 bits per heavy atom. The van der Waals surface area contributed by atoms with Crippen molar-refractivity contribution in [3.05, 3.63) is 22.7 Å². The highest BCUT2D eigenvalue weighted by Crippen LogP contribution is 2.37. The van der Waals surface area contributed by atoms with Crippen molar-refractivity contribution in [3.8, 4) is 17.6 Å². The van der Waals surface area contributed by atoms with Crippen molar-refractivity contribution >= 4 is 17.5 Å². The van der Waals surface area contributed by atoms with Crippen LogP contribution in [0.1, 0.15) is 11.6 Å². The average molecular weight is 314 g/mol. The lowest BCUT2D eigenvalue weighted by molar-refractivity contribution is -0.119. The summed E-state index contributed by atoms with van der Waals surface area (Å²) in [6, 6.07) is 4.49. The van der Waals surface area contributed by atoms with Crippen LogP contribution >= 0.6 is 11.6 Å². The number of halogens is 1. The number of nitrogens with one attached hydrogen (secondary N) is 1. The molecule has 0 saturated carbocycles. The van der Waals surface area contributed by atoms with E-state index in [-0.39, 0.29) is 36.3 Å². The predicted molar refractivity (Wildman–Crippen MR) is 76.1 cm³/mol. The first-order valence-corrected chi connectivity index (χ1v) is 6.43. The number of aliphatic hydroxyl groups is 1. The minimum Gasteiger partial charge on any atom is -0.493 e. The number of primary amides is 1. The van der Waals surface area contributed by atoms with Crippen LogP contribution in [-0.4, -0.2) is 37.9 Å². The second-order valence-electron chi connectivity index (χ2n) is 4.03. The summed E-state index contributed by atoms with van der Waals surface area (Å²) < 4.78 is 10.3. The zero-order chi connectivity index (χ0) is 15.8. The molecule has 0 aliphatic heterocycles. The van der Waals surface area contributed by atoms with Gasteiger partial charge in [0.2, 0.25) is 0 Å². The largest absolute Gasteiger partial charge is 0.493 e. The molecule has 0 aliphatic rings. The Labute approximate surface area is 127 Å². The highest BCUT2D eigenvalue weighted by molar-refractivity contribution is 6.32. The van der Waals surface area contributed by atoms with Gasteiger partial charge in [-0.3, -0.25) is 10.1 Å². The molecule has 7 nitrogen and oxygen atoms in total. The van der Waals surface area contributed by atoms with Gasteiger partial charge in [-0.2, -0.15) is 5.26 Å². The Morgan fingerprint density at radius 2 is 2.33 bits per heavy atom. The Balaban J connectivity index is 3.07.